The molecule has 0 bridgehead atoms. The maximum atomic E-state index is 4.26. The molecule has 0 radical (unpaired) electrons. The zero-order valence-electron chi connectivity index (χ0n) is 12.0. The standard InChI is InChI=1S/C15H18N6/c1-13-8-18-20(10-13)7-6-16-9-14-2-4-15(5-3-14)21-12-17-11-19-21/h2-5,8,10-12,16H,6-7,9H2,1H3. The molecule has 0 saturated carbocycles. The first kappa shape index (κ1) is 13.5. The van der Waals surface area contributed by atoms with Gasteiger partial charge in [0.1, 0.15) is 12.7 Å². The van der Waals surface area contributed by atoms with Gasteiger partial charge in [-0.2, -0.15) is 10.2 Å². The predicted octanol–water partition coefficient (Wildman–Crippen LogP) is 1.56. The Morgan fingerprint density at radius 2 is 2.00 bits per heavy atom. The van der Waals surface area contributed by atoms with E-state index in [0.29, 0.717) is 0 Å². The summed E-state index contributed by atoms with van der Waals surface area (Å²) < 4.78 is 3.70. The van der Waals surface area contributed by atoms with Gasteiger partial charge < -0.3 is 5.32 Å². The van der Waals surface area contributed by atoms with Gasteiger partial charge in [-0.1, -0.05) is 12.1 Å². The molecule has 0 aliphatic carbocycles. The van der Waals surface area contributed by atoms with Gasteiger partial charge in [-0.15, -0.1) is 0 Å². The van der Waals surface area contributed by atoms with Gasteiger partial charge in [0.25, 0.3) is 0 Å². The number of aromatic nitrogens is 5. The first-order valence-corrected chi connectivity index (χ1v) is 6.95. The third-order valence-electron chi connectivity index (χ3n) is 3.23. The number of rotatable bonds is 6. The van der Waals surface area contributed by atoms with Crippen LogP contribution in [0.3, 0.4) is 0 Å². The second-order valence-corrected chi connectivity index (χ2v) is 4.96. The summed E-state index contributed by atoms with van der Waals surface area (Å²) in [5, 5.41) is 11.8. The van der Waals surface area contributed by atoms with Crippen LogP contribution in [0.25, 0.3) is 5.69 Å². The Balaban J connectivity index is 1.47. The Morgan fingerprint density at radius 3 is 2.67 bits per heavy atom. The van der Waals surface area contributed by atoms with Crippen molar-refractivity contribution in [3.63, 3.8) is 0 Å². The van der Waals surface area contributed by atoms with Crippen molar-refractivity contribution in [3.8, 4) is 5.69 Å². The molecule has 108 valence electrons. The maximum absolute atomic E-state index is 4.26. The summed E-state index contributed by atoms with van der Waals surface area (Å²) in [5.74, 6) is 0. The van der Waals surface area contributed by atoms with Crippen molar-refractivity contribution in [1.29, 1.82) is 0 Å². The lowest BCUT2D eigenvalue weighted by Gasteiger charge is -2.06. The van der Waals surface area contributed by atoms with Crippen LogP contribution in [0.5, 0.6) is 0 Å². The van der Waals surface area contributed by atoms with Crippen LogP contribution in [0.2, 0.25) is 0 Å². The van der Waals surface area contributed by atoms with Crippen molar-refractivity contribution in [1.82, 2.24) is 29.9 Å². The summed E-state index contributed by atoms with van der Waals surface area (Å²) >= 11 is 0. The van der Waals surface area contributed by atoms with Crippen molar-refractivity contribution >= 4 is 0 Å². The molecule has 2 heterocycles. The van der Waals surface area contributed by atoms with Gasteiger partial charge in [-0.05, 0) is 30.2 Å². The molecule has 3 aromatic rings. The number of aryl methyl sites for hydroxylation is 1. The molecule has 6 nitrogen and oxygen atoms in total. The van der Waals surface area contributed by atoms with E-state index in [-0.39, 0.29) is 0 Å². The molecule has 0 aliphatic heterocycles. The van der Waals surface area contributed by atoms with Crippen LogP contribution in [0.4, 0.5) is 0 Å². The lowest BCUT2D eigenvalue weighted by atomic mass is 10.2. The minimum Gasteiger partial charge on any atom is -0.311 e. The summed E-state index contributed by atoms with van der Waals surface area (Å²) in [6, 6.07) is 8.29. The summed E-state index contributed by atoms with van der Waals surface area (Å²) in [4.78, 5) is 3.94. The molecule has 0 saturated heterocycles. The lowest BCUT2D eigenvalue weighted by molar-refractivity contribution is 0.554. The molecule has 6 heteroatoms. The Labute approximate surface area is 123 Å². The fourth-order valence-corrected chi connectivity index (χ4v) is 2.12. The molecular formula is C15H18N6. The SMILES string of the molecule is Cc1cnn(CCNCc2ccc(-n3cncn3)cc2)c1. The second kappa shape index (κ2) is 6.32. The van der Waals surface area contributed by atoms with Gasteiger partial charge in [0, 0.05) is 19.3 Å². The molecule has 1 N–H and O–H groups in total. The molecule has 0 atom stereocenters. The van der Waals surface area contributed by atoms with E-state index in [1.807, 2.05) is 29.9 Å². The minimum atomic E-state index is 0.845. The summed E-state index contributed by atoms with van der Waals surface area (Å²) in [6.07, 6.45) is 7.16. The maximum Gasteiger partial charge on any atom is 0.138 e. The van der Waals surface area contributed by atoms with Crippen LogP contribution in [-0.4, -0.2) is 31.1 Å². The molecule has 0 unspecified atom stereocenters. The molecule has 0 spiro atoms. The Bertz CT molecular complexity index is 669. The van der Waals surface area contributed by atoms with Crippen molar-refractivity contribution in [2.45, 2.75) is 20.0 Å². The van der Waals surface area contributed by atoms with E-state index in [1.165, 1.54) is 17.5 Å². The average molecular weight is 282 g/mol. The van der Waals surface area contributed by atoms with Gasteiger partial charge in [-0.25, -0.2) is 9.67 Å². The summed E-state index contributed by atoms with van der Waals surface area (Å²) in [6.45, 7) is 4.67. The van der Waals surface area contributed by atoms with Crippen LogP contribution >= 0.6 is 0 Å². The minimum absolute atomic E-state index is 0.845. The zero-order valence-corrected chi connectivity index (χ0v) is 12.0. The Hall–Kier alpha value is -2.47. The number of hydrogen-bond acceptors (Lipinski definition) is 4. The first-order chi connectivity index (χ1) is 10.3. The van der Waals surface area contributed by atoms with Crippen molar-refractivity contribution in [2.24, 2.45) is 0 Å². The van der Waals surface area contributed by atoms with E-state index in [1.54, 1.807) is 11.0 Å². The third-order valence-corrected chi connectivity index (χ3v) is 3.23. The van der Waals surface area contributed by atoms with E-state index < -0.39 is 0 Å². The van der Waals surface area contributed by atoms with Crippen LogP contribution in [-0.2, 0) is 13.1 Å². The summed E-state index contributed by atoms with van der Waals surface area (Å²) in [5.41, 5.74) is 3.46. The second-order valence-electron chi connectivity index (χ2n) is 4.96. The predicted molar refractivity (Wildman–Crippen MR) is 80.0 cm³/mol. The zero-order chi connectivity index (χ0) is 14.5. The smallest absolute Gasteiger partial charge is 0.138 e. The number of nitrogens with zero attached hydrogens (tertiary/aromatic N) is 5. The number of nitrogens with one attached hydrogen (secondary N) is 1. The fourth-order valence-electron chi connectivity index (χ4n) is 2.12. The fraction of sp³-hybridized carbons (Fsp3) is 0.267. The molecule has 0 aliphatic rings. The highest BCUT2D eigenvalue weighted by atomic mass is 15.3. The molecule has 3 rings (SSSR count). The molecule has 0 fully saturated rings. The van der Waals surface area contributed by atoms with E-state index in [9.17, 15) is 0 Å². The van der Waals surface area contributed by atoms with E-state index in [2.05, 4.69) is 38.8 Å². The highest BCUT2D eigenvalue weighted by Gasteiger charge is 1.98. The molecule has 0 amide bonds. The van der Waals surface area contributed by atoms with Crippen LogP contribution in [0, 0.1) is 6.92 Å². The van der Waals surface area contributed by atoms with Gasteiger partial charge >= 0.3 is 0 Å². The van der Waals surface area contributed by atoms with Crippen molar-refractivity contribution in [2.75, 3.05) is 6.54 Å². The van der Waals surface area contributed by atoms with Crippen LogP contribution in [0.15, 0.2) is 49.3 Å². The highest BCUT2D eigenvalue weighted by Crippen LogP contribution is 2.07. The Kier molecular flexibility index (Phi) is 4.07. The number of benzene rings is 1. The van der Waals surface area contributed by atoms with Crippen molar-refractivity contribution in [3.05, 3.63) is 60.4 Å². The average Bonchev–Trinajstić information content (AvgIpc) is 3.16. The molecule has 2 aromatic heterocycles. The first-order valence-electron chi connectivity index (χ1n) is 6.95. The molecular weight excluding hydrogens is 264 g/mol. The monoisotopic (exact) mass is 282 g/mol. The van der Waals surface area contributed by atoms with Crippen LogP contribution < -0.4 is 5.32 Å². The normalized spacial score (nSPS) is 10.9. The highest BCUT2D eigenvalue weighted by molar-refractivity contribution is 5.33. The van der Waals surface area contributed by atoms with E-state index in [4.69, 9.17) is 0 Å². The van der Waals surface area contributed by atoms with E-state index >= 15 is 0 Å². The van der Waals surface area contributed by atoms with Gasteiger partial charge in [0.2, 0.25) is 0 Å². The van der Waals surface area contributed by atoms with E-state index in [0.717, 1.165) is 25.3 Å². The molecule has 21 heavy (non-hydrogen) atoms. The van der Waals surface area contributed by atoms with Gasteiger partial charge in [0.05, 0.1) is 18.4 Å². The Morgan fingerprint density at radius 1 is 1.14 bits per heavy atom. The van der Waals surface area contributed by atoms with Crippen LogP contribution in [0.1, 0.15) is 11.1 Å². The van der Waals surface area contributed by atoms with Gasteiger partial charge in [-0.3, -0.25) is 4.68 Å². The topological polar surface area (TPSA) is 60.6 Å². The lowest BCUT2D eigenvalue weighted by Crippen LogP contribution is -2.19. The third kappa shape index (κ3) is 3.55. The van der Waals surface area contributed by atoms with Gasteiger partial charge in [0.15, 0.2) is 0 Å². The number of hydrogen-bond donors (Lipinski definition) is 1. The quantitative estimate of drug-likeness (QED) is 0.697. The van der Waals surface area contributed by atoms with Crippen molar-refractivity contribution < 1.29 is 0 Å². The largest absolute Gasteiger partial charge is 0.311 e. The summed E-state index contributed by atoms with van der Waals surface area (Å²) in [7, 11) is 0. The molecule has 1 aromatic carbocycles.